The molecule has 1 aromatic carbocycles. The third-order valence-corrected chi connectivity index (χ3v) is 3.98. The topological polar surface area (TPSA) is 97.1 Å². The van der Waals surface area contributed by atoms with E-state index in [1.54, 1.807) is 6.07 Å². The third kappa shape index (κ3) is 6.62. The Bertz CT molecular complexity index is 767. The fraction of sp³-hybridized carbons (Fsp3) is 0.267. The summed E-state index contributed by atoms with van der Waals surface area (Å²) in [5.41, 5.74) is 4.88. The van der Waals surface area contributed by atoms with Gasteiger partial charge < -0.3 is 16.4 Å². The molecule has 0 aliphatic carbocycles. The van der Waals surface area contributed by atoms with E-state index in [0.29, 0.717) is 15.6 Å². The van der Waals surface area contributed by atoms with Crippen molar-refractivity contribution in [3.63, 3.8) is 0 Å². The summed E-state index contributed by atoms with van der Waals surface area (Å²) in [6.07, 6.45) is -2.64. The SMILES string of the molecule is Cl.NCC(=O)NCC(=O)Nc1ncc(Cc2cccc(C(F)(F)F)c2)s1. The molecule has 1 aromatic heterocycles. The van der Waals surface area contributed by atoms with Crippen molar-refractivity contribution in [3.05, 3.63) is 46.5 Å². The number of alkyl halides is 3. The summed E-state index contributed by atoms with van der Waals surface area (Å²) in [6, 6.07) is 5.04. The van der Waals surface area contributed by atoms with Gasteiger partial charge in [0.05, 0.1) is 18.7 Å². The molecule has 0 aliphatic rings. The zero-order valence-electron chi connectivity index (χ0n) is 13.3. The molecule has 2 rings (SSSR count). The van der Waals surface area contributed by atoms with Gasteiger partial charge in [-0.2, -0.15) is 13.2 Å². The van der Waals surface area contributed by atoms with E-state index in [1.807, 2.05) is 0 Å². The number of nitrogens with one attached hydrogen (secondary N) is 2. The third-order valence-electron chi connectivity index (χ3n) is 3.06. The molecule has 0 bridgehead atoms. The molecular weight excluding hydrogens is 393 g/mol. The fourth-order valence-corrected chi connectivity index (χ4v) is 2.78. The average molecular weight is 409 g/mol. The van der Waals surface area contributed by atoms with Crippen LogP contribution in [0.15, 0.2) is 30.5 Å². The molecular formula is C15H16ClF3N4O2S. The molecule has 0 atom stereocenters. The molecule has 2 aromatic rings. The van der Waals surface area contributed by atoms with Crippen LogP contribution < -0.4 is 16.4 Å². The van der Waals surface area contributed by atoms with E-state index in [2.05, 4.69) is 15.6 Å². The maximum Gasteiger partial charge on any atom is 0.416 e. The van der Waals surface area contributed by atoms with Crippen LogP contribution in [-0.4, -0.2) is 29.9 Å². The minimum absolute atomic E-state index is 0. The molecule has 142 valence electrons. The summed E-state index contributed by atoms with van der Waals surface area (Å²) in [7, 11) is 0. The molecule has 0 saturated carbocycles. The van der Waals surface area contributed by atoms with E-state index in [9.17, 15) is 22.8 Å². The Morgan fingerprint density at radius 1 is 1.23 bits per heavy atom. The smallest absolute Gasteiger partial charge is 0.346 e. The van der Waals surface area contributed by atoms with E-state index >= 15 is 0 Å². The van der Waals surface area contributed by atoms with Gasteiger partial charge >= 0.3 is 6.18 Å². The number of nitrogens with two attached hydrogens (primary N) is 1. The second-order valence-corrected chi connectivity index (χ2v) is 6.15. The lowest BCUT2D eigenvalue weighted by Crippen LogP contribution is -2.36. The Kier molecular flexibility index (Phi) is 8.00. The Morgan fingerprint density at radius 2 is 1.96 bits per heavy atom. The van der Waals surface area contributed by atoms with E-state index < -0.39 is 23.6 Å². The molecule has 4 N–H and O–H groups in total. The maximum atomic E-state index is 12.7. The van der Waals surface area contributed by atoms with Crippen LogP contribution in [0.2, 0.25) is 0 Å². The van der Waals surface area contributed by atoms with Gasteiger partial charge in [0.2, 0.25) is 11.8 Å². The highest BCUT2D eigenvalue weighted by molar-refractivity contribution is 7.15. The van der Waals surface area contributed by atoms with E-state index in [0.717, 1.165) is 23.5 Å². The molecule has 0 aliphatic heterocycles. The first-order valence-electron chi connectivity index (χ1n) is 7.15. The van der Waals surface area contributed by atoms with E-state index in [1.165, 1.54) is 12.3 Å². The van der Waals surface area contributed by atoms with Crippen molar-refractivity contribution in [2.24, 2.45) is 5.73 Å². The van der Waals surface area contributed by atoms with Crippen LogP contribution in [0.5, 0.6) is 0 Å². The van der Waals surface area contributed by atoms with Gasteiger partial charge in [-0.25, -0.2) is 4.98 Å². The molecule has 6 nitrogen and oxygen atoms in total. The van der Waals surface area contributed by atoms with Crippen LogP contribution >= 0.6 is 23.7 Å². The molecule has 11 heteroatoms. The first-order chi connectivity index (χ1) is 11.8. The second kappa shape index (κ2) is 9.51. The van der Waals surface area contributed by atoms with Crippen LogP contribution in [0, 0.1) is 0 Å². The summed E-state index contributed by atoms with van der Waals surface area (Å²) in [4.78, 5) is 27.3. The van der Waals surface area contributed by atoms with Gasteiger partial charge in [0.15, 0.2) is 5.13 Å². The summed E-state index contributed by atoms with van der Waals surface area (Å²) in [5, 5.41) is 5.11. The molecule has 0 unspecified atom stereocenters. The number of nitrogens with zero attached hydrogens (tertiary/aromatic N) is 1. The number of carbonyl (C=O) groups excluding carboxylic acids is 2. The van der Waals surface area contributed by atoms with Crippen molar-refractivity contribution in [3.8, 4) is 0 Å². The Labute approximate surface area is 157 Å². The monoisotopic (exact) mass is 408 g/mol. The molecule has 26 heavy (non-hydrogen) atoms. The predicted molar refractivity (Wildman–Crippen MR) is 94.3 cm³/mol. The first-order valence-corrected chi connectivity index (χ1v) is 7.97. The normalized spacial score (nSPS) is 10.8. The standard InChI is InChI=1S/C15H15F3N4O2S.ClH/c16-15(17,18)10-3-1-2-9(4-10)5-11-7-21-14(25-11)22-13(24)8-20-12(23)6-19;/h1-4,7H,5-6,8,19H2,(H,20,23)(H,21,22,24);1H. The minimum Gasteiger partial charge on any atom is -0.346 e. The summed E-state index contributed by atoms with van der Waals surface area (Å²) < 4.78 is 38.1. The van der Waals surface area contributed by atoms with Gasteiger partial charge in [0, 0.05) is 17.5 Å². The number of halogens is 4. The number of anilines is 1. The number of rotatable bonds is 6. The van der Waals surface area contributed by atoms with Crippen molar-refractivity contribution in [1.29, 1.82) is 0 Å². The lowest BCUT2D eigenvalue weighted by Gasteiger charge is -2.07. The van der Waals surface area contributed by atoms with Crippen molar-refractivity contribution in [1.82, 2.24) is 10.3 Å². The molecule has 0 radical (unpaired) electrons. The van der Waals surface area contributed by atoms with Crippen molar-refractivity contribution in [2.45, 2.75) is 12.6 Å². The number of carbonyl (C=O) groups is 2. The molecule has 0 fully saturated rings. The predicted octanol–water partition coefficient (Wildman–Crippen LogP) is 2.19. The number of hydrogen-bond acceptors (Lipinski definition) is 5. The zero-order valence-corrected chi connectivity index (χ0v) is 14.9. The highest BCUT2D eigenvalue weighted by Crippen LogP contribution is 2.30. The lowest BCUT2D eigenvalue weighted by molar-refractivity contribution is -0.137. The van der Waals surface area contributed by atoms with Gasteiger partial charge in [-0.3, -0.25) is 9.59 Å². The van der Waals surface area contributed by atoms with Crippen LogP contribution in [0.4, 0.5) is 18.3 Å². The number of thiazole rings is 1. The quantitative estimate of drug-likeness (QED) is 0.682. The van der Waals surface area contributed by atoms with Crippen LogP contribution in [0.3, 0.4) is 0 Å². The van der Waals surface area contributed by atoms with Crippen molar-refractivity contribution < 1.29 is 22.8 Å². The van der Waals surface area contributed by atoms with Gasteiger partial charge in [0.1, 0.15) is 0 Å². The van der Waals surface area contributed by atoms with Gasteiger partial charge in [0.25, 0.3) is 0 Å². The largest absolute Gasteiger partial charge is 0.416 e. The van der Waals surface area contributed by atoms with Crippen molar-refractivity contribution >= 4 is 40.7 Å². The zero-order chi connectivity index (χ0) is 18.4. The number of hydrogen-bond donors (Lipinski definition) is 3. The van der Waals surface area contributed by atoms with Crippen LogP contribution in [0.1, 0.15) is 16.0 Å². The Balaban J connectivity index is 0.00000338. The first kappa shape index (κ1) is 21.9. The van der Waals surface area contributed by atoms with Crippen LogP contribution in [0.25, 0.3) is 0 Å². The minimum atomic E-state index is -4.39. The Morgan fingerprint density at radius 3 is 2.62 bits per heavy atom. The molecule has 1 heterocycles. The van der Waals surface area contributed by atoms with Gasteiger partial charge in [-0.1, -0.05) is 18.2 Å². The van der Waals surface area contributed by atoms with Gasteiger partial charge in [-0.05, 0) is 11.6 Å². The van der Waals surface area contributed by atoms with Crippen molar-refractivity contribution in [2.75, 3.05) is 18.4 Å². The maximum absolute atomic E-state index is 12.7. The summed E-state index contributed by atoms with van der Waals surface area (Å²) in [6.45, 7) is -0.454. The Hall–Kier alpha value is -2.17. The summed E-state index contributed by atoms with van der Waals surface area (Å²) in [5.74, 6) is -0.929. The fourth-order valence-electron chi connectivity index (χ4n) is 1.92. The van der Waals surface area contributed by atoms with Gasteiger partial charge in [-0.15, -0.1) is 23.7 Å². The lowest BCUT2D eigenvalue weighted by atomic mass is 10.1. The molecule has 0 saturated heterocycles. The number of aromatic nitrogens is 1. The molecule has 0 spiro atoms. The number of amides is 2. The van der Waals surface area contributed by atoms with E-state index in [-0.39, 0.29) is 31.9 Å². The highest BCUT2D eigenvalue weighted by Gasteiger charge is 2.30. The molecule has 2 amide bonds. The second-order valence-electron chi connectivity index (χ2n) is 5.04. The van der Waals surface area contributed by atoms with Crippen LogP contribution in [-0.2, 0) is 22.2 Å². The number of benzene rings is 1. The summed E-state index contributed by atoms with van der Waals surface area (Å²) >= 11 is 1.15. The highest BCUT2D eigenvalue weighted by atomic mass is 35.5. The van der Waals surface area contributed by atoms with E-state index in [4.69, 9.17) is 5.73 Å². The average Bonchev–Trinajstić information content (AvgIpc) is 2.99.